The van der Waals surface area contributed by atoms with E-state index in [1.807, 2.05) is 6.92 Å². The number of ether oxygens (including phenoxy) is 1. The zero-order valence-corrected chi connectivity index (χ0v) is 14.9. The molecule has 3 nitrogen and oxygen atoms in total. The van der Waals surface area contributed by atoms with E-state index in [0.717, 1.165) is 32.1 Å². The second-order valence-electron chi connectivity index (χ2n) is 8.33. The van der Waals surface area contributed by atoms with E-state index in [-0.39, 0.29) is 17.5 Å². The van der Waals surface area contributed by atoms with Gasteiger partial charge >= 0.3 is 5.97 Å². The molecular formula is C21H28O3. The molecule has 0 radical (unpaired) electrons. The number of allylic oxidation sites excluding steroid dienone is 4. The zero-order valence-electron chi connectivity index (χ0n) is 14.9. The number of carbonyl (C=O) groups is 2. The maximum atomic E-state index is 11.8. The lowest BCUT2D eigenvalue weighted by Gasteiger charge is -2.47. The van der Waals surface area contributed by atoms with Crippen molar-refractivity contribution in [2.24, 2.45) is 17.3 Å². The van der Waals surface area contributed by atoms with Gasteiger partial charge in [0.15, 0.2) is 0 Å². The Morgan fingerprint density at radius 3 is 2.88 bits per heavy atom. The fraction of sp³-hybridized carbons (Fsp3) is 0.714. The van der Waals surface area contributed by atoms with Crippen LogP contribution in [-0.4, -0.2) is 17.9 Å². The Morgan fingerprint density at radius 1 is 1.25 bits per heavy atom. The maximum Gasteiger partial charge on any atom is 0.305 e. The van der Waals surface area contributed by atoms with Crippen molar-refractivity contribution in [2.45, 2.75) is 77.7 Å². The predicted octanol–water partition coefficient (Wildman–Crippen LogP) is 4.51. The van der Waals surface area contributed by atoms with Gasteiger partial charge in [-0.2, -0.15) is 0 Å². The summed E-state index contributed by atoms with van der Waals surface area (Å²) in [6.45, 7) is 4.20. The SMILES string of the molecule is CCC(=O)O[C@H]1CC[C@H]2[C@@H]3CCC4=C(CCC(=O)C4)C3=CC[C@]12C. The lowest BCUT2D eigenvalue weighted by molar-refractivity contribution is -0.155. The Balaban J connectivity index is 1.62. The van der Waals surface area contributed by atoms with Crippen molar-refractivity contribution < 1.29 is 14.3 Å². The van der Waals surface area contributed by atoms with E-state index in [1.54, 1.807) is 5.57 Å². The Morgan fingerprint density at radius 2 is 2.08 bits per heavy atom. The summed E-state index contributed by atoms with van der Waals surface area (Å²) < 4.78 is 5.81. The lowest BCUT2D eigenvalue weighted by atomic mass is 9.58. The molecule has 0 aromatic rings. The highest BCUT2D eigenvalue weighted by atomic mass is 16.5. The summed E-state index contributed by atoms with van der Waals surface area (Å²) in [5, 5.41) is 0. The zero-order chi connectivity index (χ0) is 16.9. The Kier molecular flexibility index (Phi) is 3.93. The van der Waals surface area contributed by atoms with Crippen LogP contribution < -0.4 is 0 Å². The molecule has 0 N–H and O–H groups in total. The normalized spacial score (nSPS) is 38.2. The highest BCUT2D eigenvalue weighted by Gasteiger charge is 2.54. The van der Waals surface area contributed by atoms with Crippen LogP contribution in [0.5, 0.6) is 0 Å². The second-order valence-corrected chi connectivity index (χ2v) is 8.33. The first-order chi connectivity index (χ1) is 11.5. The average molecular weight is 328 g/mol. The molecule has 4 rings (SSSR count). The summed E-state index contributed by atoms with van der Waals surface area (Å²) in [6, 6.07) is 0. The van der Waals surface area contributed by atoms with Gasteiger partial charge in [-0.1, -0.05) is 25.5 Å². The third kappa shape index (κ3) is 2.39. The summed E-state index contributed by atoms with van der Waals surface area (Å²) in [5.74, 6) is 1.59. The van der Waals surface area contributed by atoms with Crippen LogP contribution in [0.2, 0.25) is 0 Å². The molecule has 4 aliphatic rings. The molecule has 0 heterocycles. The molecule has 4 aliphatic carbocycles. The van der Waals surface area contributed by atoms with E-state index in [1.165, 1.54) is 24.0 Å². The van der Waals surface area contributed by atoms with Crippen LogP contribution in [0.3, 0.4) is 0 Å². The molecule has 4 atom stereocenters. The number of ketones is 1. The van der Waals surface area contributed by atoms with Gasteiger partial charge in [-0.3, -0.25) is 9.59 Å². The van der Waals surface area contributed by atoms with Gasteiger partial charge in [-0.05, 0) is 61.5 Å². The molecule has 0 bridgehead atoms. The highest BCUT2D eigenvalue weighted by Crippen LogP contribution is 2.59. The number of carbonyl (C=O) groups excluding carboxylic acids is 2. The number of rotatable bonds is 2. The minimum atomic E-state index is -0.0592. The van der Waals surface area contributed by atoms with Crippen LogP contribution in [0.25, 0.3) is 0 Å². The molecule has 0 amide bonds. The smallest absolute Gasteiger partial charge is 0.305 e. The van der Waals surface area contributed by atoms with Crippen LogP contribution in [0.15, 0.2) is 22.8 Å². The Hall–Kier alpha value is -1.38. The van der Waals surface area contributed by atoms with Crippen LogP contribution in [0.4, 0.5) is 0 Å². The van der Waals surface area contributed by atoms with Gasteiger partial charge in [0, 0.05) is 24.7 Å². The summed E-state index contributed by atoms with van der Waals surface area (Å²) in [5.41, 5.74) is 4.58. The monoisotopic (exact) mass is 328 g/mol. The van der Waals surface area contributed by atoms with Gasteiger partial charge < -0.3 is 4.74 Å². The van der Waals surface area contributed by atoms with E-state index < -0.39 is 0 Å². The Labute approximate surface area is 144 Å². The highest BCUT2D eigenvalue weighted by molar-refractivity contribution is 5.83. The van der Waals surface area contributed by atoms with Crippen LogP contribution in [-0.2, 0) is 14.3 Å². The molecule has 0 saturated heterocycles. The predicted molar refractivity (Wildman–Crippen MR) is 92.3 cm³/mol. The second kappa shape index (κ2) is 5.86. The fourth-order valence-electron chi connectivity index (χ4n) is 5.80. The molecular weight excluding hydrogens is 300 g/mol. The molecule has 0 spiro atoms. The molecule has 0 unspecified atom stereocenters. The van der Waals surface area contributed by atoms with Crippen molar-refractivity contribution in [1.82, 2.24) is 0 Å². The van der Waals surface area contributed by atoms with Crippen molar-refractivity contribution in [1.29, 1.82) is 0 Å². The van der Waals surface area contributed by atoms with E-state index in [9.17, 15) is 9.59 Å². The van der Waals surface area contributed by atoms with Gasteiger partial charge in [0.05, 0.1) is 0 Å². The third-order valence-electron chi connectivity index (χ3n) is 7.13. The molecule has 24 heavy (non-hydrogen) atoms. The van der Waals surface area contributed by atoms with Crippen molar-refractivity contribution in [3.05, 3.63) is 22.8 Å². The van der Waals surface area contributed by atoms with E-state index in [0.29, 0.717) is 30.5 Å². The quantitative estimate of drug-likeness (QED) is 0.700. The molecule has 1 fully saturated rings. The van der Waals surface area contributed by atoms with E-state index in [4.69, 9.17) is 4.74 Å². The third-order valence-corrected chi connectivity index (χ3v) is 7.13. The number of esters is 1. The van der Waals surface area contributed by atoms with Crippen LogP contribution in [0.1, 0.15) is 71.6 Å². The first-order valence-corrected chi connectivity index (χ1v) is 9.65. The van der Waals surface area contributed by atoms with Crippen LogP contribution >= 0.6 is 0 Å². The van der Waals surface area contributed by atoms with Gasteiger partial charge in [0.2, 0.25) is 0 Å². The summed E-state index contributed by atoms with van der Waals surface area (Å²) in [7, 11) is 0. The number of fused-ring (bicyclic) bond motifs is 4. The van der Waals surface area contributed by atoms with E-state index >= 15 is 0 Å². The van der Waals surface area contributed by atoms with Gasteiger partial charge in [-0.15, -0.1) is 0 Å². The first kappa shape index (κ1) is 16.1. The molecule has 0 aromatic heterocycles. The summed E-state index contributed by atoms with van der Waals surface area (Å²) in [4.78, 5) is 23.6. The Bertz CT molecular complexity index is 641. The topological polar surface area (TPSA) is 43.4 Å². The van der Waals surface area contributed by atoms with Crippen molar-refractivity contribution in [3.8, 4) is 0 Å². The molecule has 0 aromatic carbocycles. The van der Waals surface area contributed by atoms with Gasteiger partial charge in [0.25, 0.3) is 0 Å². The number of Topliss-reactive ketones (excluding diaryl/α,β-unsaturated/α-hetero) is 1. The van der Waals surface area contributed by atoms with Crippen molar-refractivity contribution in [2.75, 3.05) is 0 Å². The minimum absolute atomic E-state index is 0.0592. The standard InChI is InChI=1S/C21H28O3/c1-3-20(23)24-19-9-8-18-17-6-4-13-12-14(22)5-7-15(13)16(17)10-11-21(18,19)2/h10,17-19H,3-9,11-12H2,1-2H3/t17-,18+,19+,21+/m1/s1. The maximum absolute atomic E-state index is 11.8. The van der Waals surface area contributed by atoms with E-state index in [2.05, 4.69) is 13.0 Å². The largest absolute Gasteiger partial charge is 0.462 e. The molecule has 130 valence electrons. The molecule has 3 heteroatoms. The first-order valence-electron chi connectivity index (χ1n) is 9.65. The van der Waals surface area contributed by atoms with Gasteiger partial charge in [0.1, 0.15) is 11.9 Å². The minimum Gasteiger partial charge on any atom is -0.462 e. The average Bonchev–Trinajstić information content (AvgIpc) is 2.90. The summed E-state index contributed by atoms with van der Waals surface area (Å²) >= 11 is 0. The molecule has 0 aliphatic heterocycles. The van der Waals surface area contributed by atoms with Gasteiger partial charge in [-0.25, -0.2) is 0 Å². The summed E-state index contributed by atoms with van der Waals surface area (Å²) in [6.07, 6.45) is 10.8. The van der Waals surface area contributed by atoms with Crippen LogP contribution in [0, 0.1) is 17.3 Å². The lowest BCUT2D eigenvalue weighted by Crippen LogP contribution is -2.42. The number of hydrogen-bond donors (Lipinski definition) is 0. The van der Waals surface area contributed by atoms with Crippen molar-refractivity contribution >= 4 is 11.8 Å². The number of hydrogen-bond acceptors (Lipinski definition) is 3. The molecule has 1 saturated carbocycles. The van der Waals surface area contributed by atoms with Crippen molar-refractivity contribution in [3.63, 3.8) is 0 Å². The fourth-order valence-corrected chi connectivity index (χ4v) is 5.80.